The summed E-state index contributed by atoms with van der Waals surface area (Å²) in [5.74, 6) is -0.461. The molecule has 92 valence electrons. The van der Waals surface area contributed by atoms with Crippen LogP contribution in [0.4, 0.5) is 4.39 Å². The van der Waals surface area contributed by atoms with Gasteiger partial charge in [0.05, 0.1) is 12.2 Å². The van der Waals surface area contributed by atoms with E-state index >= 15 is 0 Å². The molecule has 17 heavy (non-hydrogen) atoms. The predicted octanol–water partition coefficient (Wildman–Crippen LogP) is 2.03. The molecule has 0 aromatic heterocycles. The van der Waals surface area contributed by atoms with Crippen molar-refractivity contribution in [3.63, 3.8) is 0 Å². The van der Waals surface area contributed by atoms with Crippen molar-refractivity contribution >= 4 is 28.5 Å². The van der Waals surface area contributed by atoms with Gasteiger partial charge in [0.1, 0.15) is 5.82 Å². The highest BCUT2D eigenvalue weighted by Gasteiger charge is 2.33. The van der Waals surface area contributed by atoms with Crippen LogP contribution >= 0.6 is 22.6 Å². The van der Waals surface area contributed by atoms with Gasteiger partial charge in [-0.3, -0.25) is 4.79 Å². The van der Waals surface area contributed by atoms with Crippen LogP contribution in [0.15, 0.2) is 18.2 Å². The van der Waals surface area contributed by atoms with Gasteiger partial charge in [-0.2, -0.15) is 0 Å². The van der Waals surface area contributed by atoms with E-state index in [2.05, 4.69) is 0 Å². The Morgan fingerprint density at radius 2 is 2.24 bits per heavy atom. The Hall–Kier alpha value is -0.690. The first-order valence-corrected chi connectivity index (χ1v) is 6.58. The number of hydrogen-bond acceptors (Lipinski definition) is 2. The minimum absolute atomic E-state index is 0.0417. The monoisotopic (exact) mass is 349 g/mol. The number of nitrogens with zero attached hydrogens (tertiary/aromatic N) is 1. The van der Waals surface area contributed by atoms with Gasteiger partial charge in [0.25, 0.3) is 5.91 Å². The highest BCUT2D eigenvalue weighted by molar-refractivity contribution is 14.1. The molecule has 0 saturated heterocycles. The van der Waals surface area contributed by atoms with Gasteiger partial charge in [0.15, 0.2) is 0 Å². The minimum atomic E-state index is -0.342. The van der Waals surface area contributed by atoms with E-state index in [0.717, 1.165) is 12.8 Å². The number of carbonyl (C=O) groups is 1. The molecule has 1 aliphatic carbocycles. The van der Waals surface area contributed by atoms with Gasteiger partial charge in [0.2, 0.25) is 0 Å². The second-order valence-corrected chi connectivity index (χ2v) is 5.24. The summed E-state index contributed by atoms with van der Waals surface area (Å²) >= 11 is 1.96. The van der Waals surface area contributed by atoms with Crippen LogP contribution < -0.4 is 0 Å². The first-order valence-electron chi connectivity index (χ1n) is 5.50. The van der Waals surface area contributed by atoms with E-state index in [1.165, 1.54) is 18.2 Å². The van der Waals surface area contributed by atoms with E-state index in [0.29, 0.717) is 15.7 Å². The Bertz CT molecular complexity index is 435. The van der Waals surface area contributed by atoms with Crippen molar-refractivity contribution < 1.29 is 14.3 Å². The van der Waals surface area contributed by atoms with Crippen molar-refractivity contribution in [2.45, 2.75) is 18.9 Å². The summed E-state index contributed by atoms with van der Waals surface area (Å²) < 4.78 is 13.6. The summed E-state index contributed by atoms with van der Waals surface area (Å²) in [5.41, 5.74) is 0.507. The summed E-state index contributed by atoms with van der Waals surface area (Å²) in [6, 6.07) is 4.39. The van der Waals surface area contributed by atoms with Gasteiger partial charge >= 0.3 is 0 Å². The van der Waals surface area contributed by atoms with Crippen molar-refractivity contribution in [3.05, 3.63) is 33.1 Å². The SMILES string of the molecule is O=C(c1ccc(F)cc1I)N(CCO)C1CC1. The summed E-state index contributed by atoms with van der Waals surface area (Å²) in [5, 5.41) is 8.97. The lowest BCUT2D eigenvalue weighted by Gasteiger charge is -2.21. The van der Waals surface area contributed by atoms with Crippen LogP contribution in [0.3, 0.4) is 0 Å². The van der Waals surface area contributed by atoms with Crippen LogP contribution in [0, 0.1) is 9.39 Å². The molecule has 5 heteroatoms. The molecule has 1 amide bonds. The van der Waals surface area contributed by atoms with E-state index in [1.807, 2.05) is 22.6 Å². The highest BCUT2D eigenvalue weighted by atomic mass is 127. The Kier molecular flexibility index (Phi) is 3.98. The third-order valence-electron chi connectivity index (χ3n) is 2.75. The lowest BCUT2D eigenvalue weighted by molar-refractivity contribution is 0.0706. The van der Waals surface area contributed by atoms with E-state index in [1.54, 1.807) is 4.90 Å². The molecule has 0 bridgehead atoms. The molecule has 0 unspecified atom stereocenters. The molecule has 0 heterocycles. The molecule has 1 saturated carbocycles. The van der Waals surface area contributed by atoms with Crippen molar-refractivity contribution in [3.8, 4) is 0 Å². The number of benzene rings is 1. The maximum atomic E-state index is 13.0. The molecule has 1 aliphatic rings. The molecular weight excluding hydrogens is 336 g/mol. The normalized spacial score (nSPS) is 14.8. The minimum Gasteiger partial charge on any atom is -0.395 e. The maximum absolute atomic E-state index is 13.0. The van der Waals surface area contributed by atoms with Crippen LogP contribution in [-0.4, -0.2) is 35.1 Å². The van der Waals surface area contributed by atoms with Crippen LogP contribution in [0.5, 0.6) is 0 Å². The van der Waals surface area contributed by atoms with Gasteiger partial charge in [-0.15, -0.1) is 0 Å². The Balaban J connectivity index is 2.22. The fourth-order valence-electron chi connectivity index (χ4n) is 1.76. The molecule has 0 spiro atoms. The first-order chi connectivity index (χ1) is 8.13. The van der Waals surface area contributed by atoms with Gasteiger partial charge in [-0.25, -0.2) is 4.39 Å². The van der Waals surface area contributed by atoms with E-state index in [-0.39, 0.29) is 24.4 Å². The smallest absolute Gasteiger partial charge is 0.255 e. The number of rotatable bonds is 4. The van der Waals surface area contributed by atoms with Gasteiger partial charge < -0.3 is 10.0 Å². The van der Waals surface area contributed by atoms with Crippen LogP contribution in [-0.2, 0) is 0 Å². The number of aliphatic hydroxyl groups is 1. The number of halogens is 2. The summed E-state index contributed by atoms with van der Waals surface area (Å²) in [4.78, 5) is 13.9. The zero-order valence-corrected chi connectivity index (χ0v) is 11.4. The van der Waals surface area contributed by atoms with Crippen molar-refractivity contribution in [2.75, 3.05) is 13.2 Å². The summed E-state index contributed by atoms with van der Waals surface area (Å²) in [6.07, 6.45) is 1.98. The maximum Gasteiger partial charge on any atom is 0.255 e. The quantitative estimate of drug-likeness (QED) is 0.846. The molecular formula is C12H13FINO2. The Labute approximate surface area is 113 Å². The molecule has 1 N–H and O–H groups in total. The fraction of sp³-hybridized carbons (Fsp3) is 0.417. The molecule has 0 atom stereocenters. The molecule has 2 rings (SSSR count). The van der Waals surface area contributed by atoms with Crippen LogP contribution in [0.1, 0.15) is 23.2 Å². The second kappa shape index (κ2) is 5.30. The number of carbonyl (C=O) groups excluding carboxylic acids is 1. The topological polar surface area (TPSA) is 40.5 Å². The zero-order chi connectivity index (χ0) is 12.4. The van der Waals surface area contributed by atoms with Gasteiger partial charge in [-0.05, 0) is 53.6 Å². The average molecular weight is 349 g/mol. The molecule has 1 aromatic rings. The van der Waals surface area contributed by atoms with E-state index in [4.69, 9.17) is 5.11 Å². The first kappa shape index (κ1) is 12.8. The molecule has 3 nitrogen and oxygen atoms in total. The lowest BCUT2D eigenvalue weighted by atomic mass is 10.2. The molecule has 0 radical (unpaired) electrons. The third kappa shape index (κ3) is 2.95. The summed E-state index contributed by atoms with van der Waals surface area (Å²) in [6.45, 7) is 0.303. The molecule has 0 aliphatic heterocycles. The zero-order valence-electron chi connectivity index (χ0n) is 9.20. The van der Waals surface area contributed by atoms with Crippen molar-refractivity contribution in [1.29, 1.82) is 0 Å². The predicted molar refractivity (Wildman–Crippen MR) is 70.3 cm³/mol. The lowest BCUT2D eigenvalue weighted by Crippen LogP contribution is -2.35. The van der Waals surface area contributed by atoms with Crippen molar-refractivity contribution in [1.82, 2.24) is 4.90 Å². The summed E-state index contributed by atoms with van der Waals surface area (Å²) in [7, 11) is 0. The van der Waals surface area contributed by atoms with Crippen LogP contribution in [0.2, 0.25) is 0 Å². The largest absolute Gasteiger partial charge is 0.395 e. The van der Waals surface area contributed by atoms with E-state index in [9.17, 15) is 9.18 Å². The van der Waals surface area contributed by atoms with Crippen molar-refractivity contribution in [2.24, 2.45) is 0 Å². The third-order valence-corrected chi connectivity index (χ3v) is 3.64. The number of hydrogen-bond donors (Lipinski definition) is 1. The highest BCUT2D eigenvalue weighted by Crippen LogP contribution is 2.28. The fourth-order valence-corrected chi connectivity index (χ4v) is 2.47. The van der Waals surface area contributed by atoms with E-state index < -0.39 is 0 Å². The molecule has 1 aromatic carbocycles. The average Bonchev–Trinajstić information content (AvgIpc) is 3.09. The van der Waals surface area contributed by atoms with Crippen LogP contribution in [0.25, 0.3) is 0 Å². The Morgan fingerprint density at radius 1 is 1.53 bits per heavy atom. The van der Waals surface area contributed by atoms with Gasteiger partial charge in [-0.1, -0.05) is 0 Å². The van der Waals surface area contributed by atoms with Gasteiger partial charge in [0, 0.05) is 16.2 Å². The second-order valence-electron chi connectivity index (χ2n) is 4.08. The number of amides is 1. The molecule has 1 fully saturated rings. The Morgan fingerprint density at radius 3 is 2.76 bits per heavy atom. The number of aliphatic hydroxyl groups excluding tert-OH is 1. The standard InChI is InChI=1S/C12H13FINO2/c13-8-1-4-10(11(14)7-8)12(17)15(5-6-16)9-2-3-9/h1,4,7,9,16H,2-3,5-6H2.